The van der Waals surface area contributed by atoms with E-state index in [1.54, 1.807) is 7.11 Å². The summed E-state index contributed by atoms with van der Waals surface area (Å²) in [4.78, 5) is 8.28. The van der Waals surface area contributed by atoms with Gasteiger partial charge in [0, 0.05) is 21.7 Å². The van der Waals surface area contributed by atoms with Crippen LogP contribution in [0.2, 0.25) is 0 Å². The van der Waals surface area contributed by atoms with Crippen LogP contribution in [0.5, 0.6) is 5.75 Å². The molecule has 3 nitrogen and oxygen atoms in total. The molecule has 110 valence electrons. The quantitative estimate of drug-likeness (QED) is 0.587. The van der Waals surface area contributed by atoms with Crippen molar-refractivity contribution in [1.82, 2.24) is 9.97 Å². The molecular formula is C19H18N2O. The summed E-state index contributed by atoms with van der Waals surface area (Å²) in [7, 11) is 1.71. The molecule has 0 aliphatic carbocycles. The predicted octanol–water partition coefficient (Wildman–Crippen LogP) is 4.83. The number of nitrogens with zero attached hydrogens (tertiary/aromatic N) is 1. The number of hydrogen-bond acceptors (Lipinski definition) is 2. The van der Waals surface area contributed by atoms with Crippen molar-refractivity contribution < 1.29 is 4.74 Å². The summed E-state index contributed by atoms with van der Waals surface area (Å²) in [5.41, 5.74) is 4.49. The Morgan fingerprint density at radius 2 is 1.95 bits per heavy atom. The van der Waals surface area contributed by atoms with Gasteiger partial charge in [0.05, 0.1) is 12.6 Å². The first kappa shape index (κ1) is 13.1. The van der Waals surface area contributed by atoms with Crippen LogP contribution in [-0.4, -0.2) is 17.1 Å². The number of rotatable bonds is 3. The van der Waals surface area contributed by atoms with Gasteiger partial charge >= 0.3 is 0 Å². The van der Waals surface area contributed by atoms with Gasteiger partial charge in [-0.15, -0.1) is 0 Å². The van der Waals surface area contributed by atoms with E-state index < -0.39 is 0 Å². The lowest BCUT2D eigenvalue weighted by Crippen LogP contribution is -1.93. The Hall–Kier alpha value is -2.55. The largest absolute Gasteiger partial charge is 0.497 e. The van der Waals surface area contributed by atoms with Crippen LogP contribution < -0.4 is 4.74 Å². The molecule has 0 saturated carbocycles. The molecule has 3 heteroatoms. The van der Waals surface area contributed by atoms with E-state index >= 15 is 0 Å². The number of ether oxygens (including phenoxy) is 1. The maximum Gasteiger partial charge on any atom is 0.139 e. The third-order valence-electron chi connectivity index (χ3n) is 4.25. The molecule has 0 aliphatic heterocycles. The van der Waals surface area contributed by atoms with E-state index in [1.165, 1.54) is 21.7 Å². The Kier molecular flexibility index (Phi) is 3.00. The number of methoxy groups -OCH3 is 1. The lowest BCUT2D eigenvalue weighted by atomic mass is 9.99. The van der Waals surface area contributed by atoms with Gasteiger partial charge in [-0.05, 0) is 36.2 Å². The Balaban J connectivity index is 2.20. The summed E-state index contributed by atoms with van der Waals surface area (Å²) < 4.78 is 5.40. The van der Waals surface area contributed by atoms with Crippen molar-refractivity contribution in [2.45, 2.75) is 19.8 Å². The predicted molar refractivity (Wildman–Crippen MR) is 91.7 cm³/mol. The normalized spacial score (nSPS) is 11.5. The monoisotopic (exact) mass is 290 g/mol. The SMILES string of the molecule is CCCc1c2cc(OC)ccc2nc2[nH]c3ccccc3c12. The standard InChI is InChI=1S/C19H18N2O/c1-3-6-13-15-11-12(22-2)9-10-17(15)21-19-18(13)14-7-4-5-8-16(14)20-19/h4-5,7-11H,3,6H2,1-2H3,(H,20,21). The molecule has 2 aromatic heterocycles. The van der Waals surface area contributed by atoms with E-state index in [9.17, 15) is 0 Å². The Morgan fingerprint density at radius 1 is 1.09 bits per heavy atom. The third-order valence-corrected chi connectivity index (χ3v) is 4.25. The molecule has 4 rings (SSSR count). The summed E-state index contributed by atoms with van der Waals surface area (Å²) in [6.07, 6.45) is 2.13. The van der Waals surface area contributed by atoms with Crippen LogP contribution in [0.4, 0.5) is 0 Å². The van der Waals surface area contributed by atoms with Crippen molar-refractivity contribution in [1.29, 1.82) is 0 Å². The smallest absolute Gasteiger partial charge is 0.139 e. The molecule has 0 amide bonds. The van der Waals surface area contributed by atoms with Crippen molar-refractivity contribution >= 4 is 32.8 Å². The topological polar surface area (TPSA) is 37.9 Å². The van der Waals surface area contributed by atoms with Crippen LogP contribution in [-0.2, 0) is 6.42 Å². The Morgan fingerprint density at radius 3 is 2.77 bits per heavy atom. The fourth-order valence-corrected chi connectivity index (χ4v) is 3.26. The third kappa shape index (κ3) is 1.86. The van der Waals surface area contributed by atoms with Crippen LogP contribution in [0.15, 0.2) is 42.5 Å². The highest BCUT2D eigenvalue weighted by Crippen LogP contribution is 2.34. The van der Waals surface area contributed by atoms with Crippen molar-refractivity contribution in [3.8, 4) is 5.75 Å². The van der Waals surface area contributed by atoms with Crippen LogP contribution in [0.3, 0.4) is 0 Å². The van der Waals surface area contributed by atoms with Gasteiger partial charge in [0.25, 0.3) is 0 Å². The van der Waals surface area contributed by atoms with Crippen molar-refractivity contribution in [2.24, 2.45) is 0 Å². The highest BCUT2D eigenvalue weighted by Gasteiger charge is 2.14. The molecule has 0 radical (unpaired) electrons. The molecule has 0 aliphatic rings. The highest BCUT2D eigenvalue weighted by atomic mass is 16.5. The molecular weight excluding hydrogens is 272 g/mol. The number of fused-ring (bicyclic) bond motifs is 4. The van der Waals surface area contributed by atoms with Gasteiger partial charge in [-0.3, -0.25) is 0 Å². The first-order chi connectivity index (χ1) is 10.8. The number of aromatic nitrogens is 2. The van der Waals surface area contributed by atoms with Crippen molar-refractivity contribution in [2.75, 3.05) is 7.11 Å². The number of para-hydroxylation sites is 1. The highest BCUT2D eigenvalue weighted by molar-refractivity contribution is 6.12. The molecule has 2 heterocycles. The van der Waals surface area contributed by atoms with E-state index in [0.717, 1.165) is 35.3 Å². The number of H-pyrrole nitrogens is 1. The van der Waals surface area contributed by atoms with Crippen molar-refractivity contribution in [3.63, 3.8) is 0 Å². The van der Waals surface area contributed by atoms with E-state index in [0.29, 0.717) is 0 Å². The number of hydrogen-bond donors (Lipinski definition) is 1. The number of aromatic amines is 1. The molecule has 2 aromatic carbocycles. The average Bonchev–Trinajstić information content (AvgIpc) is 2.92. The molecule has 4 aromatic rings. The first-order valence-electron chi connectivity index (χ1n) is 7.69. The average molecular weight is 290 g/mol. The molecule has 0 unspecified atom stereocenters. The van der Waals surface area contributed by atoms with Crippen LogP contribution in [0.25, 0.3) is 32.8 Å². The molecule has 0 bridgehead atoms. The van der Waals surface area contributed by atoms with Gasteiger partial charge < -0.3 is 9.72 Å². The molecule has 0 atom stereocenters. The summed E-state index contributed by atoms with van der Waals surface area (Å²) in [6.45, 7) is 2.22. The zero-order valence-electron chi connectivity index (χ0n) is 12.8. The summed E-state index contributed by atoms with van der Waals surface area (Å²) >= 11 is 0. The number of benzene rings is 2. The van der Waals surface area contributed by atoms with Gasteiger partial charge in [-0.25, -0.2) is 4.98 Å². The minimum Gasteiger partial charge on any atom is -0.497 e. The second-order valence-electron chi connectivity index (χ2n) is 5.62. The maximum atomic E-state index is 5.40. The molecule has 0 saturated heterocycles. The fourth-order valence-electron chi connectivity index (χ4n) is 3.26. The van der Waals surface area contributed by atoms with E-state index in [2.05, 4.69) is 42.2 Å². The van der Waals surface area contributed by atoms with E-state index in [1.807, 2.05) is 12.1 Å². The fraction of sp³-hybridized carbons (Fsp3) is 0.211. The van der Waals surface area contributed by atoms with Gasteiger partial charge in [-0.2, -0.15) is 0 Å². The summed E-state index contributed by atoms with van der Waals surface area (Å²) in [5, 5.41) is 3.69. The van der Waals surface area contributed by atoms with Gasteiger partial charge in [0.15, 0.2) is 0 Å². The molecule has 0 fully saturated rings. The molecule has 0 spiro atoms. The maximum absolute atomic E-state index is 5.40. The molecule has 22 heavy (non-hydrogen) atoms. The Bertz CT molecular complexity index is 985. The second-order valence-corrected chi connectivity index (χ2v) is 5.62. The summed E-state index contributed by atoms with van der Waals surface area (Å²) in [6, 6.07) is 14.5. The lowest BCUT2D eigenvalue weighted by molar-refractivity contribution is 0.415. The van der Waals surface area contributed by atoms with Gasteiger partial charge in [-0.1, -0.05) is 31.5 Å². The first-order valence-corrected chi connectivity index (χ1v) is 7.69. The zero-order valence-corrected chi connectivity index (χ0v) is 12.8. The number of nitrogens with one attached hydrogen (secondary N) is 1. The minimum atomic E-state index is 0.880. The van der Waals surface area contributed by atoms with Crippen LogP contribution in [0.1, 0.15) is 18.9 Å². The summed E-state index contributed by atoms with van der Waals surface area (Å²) in [5.74, 6) is 0.880. The van der Waals surface area contributed by atoms with E-state index in [-0.39, 0.29) is 0 Å². The van der Waals surface area contributed by atoms with Crippen LogP contribution >= 0.6 is 0 Å². The van der Waals surface area contributed by atoms with Gasteiger partial charge in [0.1, 0.15) is 11.4 Å². The van der Waals surface area contributed by atoms with E-state index in [4.69, 9.17) is 9.72 Å². The van der Waals surface area contributed by atoms with Gasteiger partial charge in [0.2, 0.25) is 0 Å². The Labute approximate surface area is 128 Å². The van der Waals surface area contributed by atoms with Crippen molar-refractivity contribution in [3.05, 3.63) is 48.0 Å². The number of pyridine rings is 1. The molecule has 1 N–H and O–H groups in total. The van der Waals surface area contributed by atoms with Crippen LogP contribution in [0, 0.1) is 0 Å². The lowest BCUT2D eigenvalue weighted by Gasteiger charge is -2.09. The number of aryl methyl sites for hydroxylation is 1. The second kappa shape index (κ2) is 5.02. The minimum absolute atomic E-state index is 0.880. The zero-order chi connectivity index (χ0) is 15.1.